The van der Waals surface area contributed by atoms with E-state index in [-0.39, 0.29) is 12.5 Å². The fourth-order valence-corrected chi connectivity index (χ4v) is 2.23. The Hall–Kier alpha value is -1.89. The molecule has 1 fully saturated rings. The third kappa shape index (κ3) is 2.98. The minimum Gasteiger partial charge on any atom is -0.339 e. The molecule has 0 bridgehead atoms. The van der Waals surface area contributed by atoms with E-state index in [0.717, 1.165) is 17.7 Å². The van der Waals surface area contributed by atoms with Crippen molar-refractivity contribution in [3.63, 3.8) is 0 Å². The molecule has 110 valence electrons. The van der Waals surface area contributed by atoms with Crippen LogP contribution in [0.3, 0.4) is 0 Å². The van der Waals surface area contributed by atoms with E-state index in [1.807, 2.05) is 14.0 Å². The van der Waals surface area contributed by atoms with Gasteiger partial charge in [0.05, 0.1) is 0 Å². The molecule has 7 nitrogen and oxygen atoms in total. The second-order valence-electron chi connectivity index (χ2n) is 4.99. The molecule has 0 aliphatic carbocycles. The number of carbonyl (C=O) groups is 1. The number of carbonyl (C=O) groups excluding carboxylic acids is 1. The Morgan fingerprint density at radius 1 is 1.20 bits per heavy atom. The van der Waals surface area contributed by atoms with Crippen molar-refractivity contribution >= 4 is 5.91 Å². The van der Waals surface area contributed by atoms with Crippen LogP contribution in [0.1, 0.15) is 6.92 Å². The first kappa shape index (κ1) is 14.5. The standard InChI is InChI=1S/C13H20N4O3/c1-3-15-5-4-11(18)17(13(15)20)10-12(19)16-8-6-14(2)7-9-16/h4-5H,3,6-10H2,1-2H3. The van der Waals surface area contributed by atoms with Crippen LogP contribution in [0.4, 0.5) is 0 Å². The predicted octanol–water partition coefficient (Wildman–Crippen LogP) is -1.20. The number of hydrogen-bond acceptors (Lipinski definition) is 4. The monoisotopic (exact) mass is 280 g/mol. The predicted molar refractivity (Wildman–Crippen MR) is 74.7 cm³/mol. The van der Waals surface area contributed by atoms with Gasteiger partial charge in [-0.1, -0.05) is 0 Å². The summed E-state index contributed by atoms with van der Waals surface area (Å²) in [6, 6.07) is 1.32. The molecule has 0 aromatic carbocycles. The van der Waals surface area contributed by atoms with Gasteiger partial charge in [0.25, 0.3) is 5.56 Å². The van der Waals surface area contributed by atoms with Gasteiger partial charge in [0, 0.05) is 45.0 Å². The van der Waals surface area contributed by atoms with Crippen LogP contribution in [0.2, 0.25) is 0 Å². The third-order valence-electron chi connectivity index (χ3n) is 3.63. The molecule has 1 aliphatic rings. The summed E-state index contributed by atoms with van der Waals surface area (Å²) in [5, 5.41) is 0. The van der Waals surface area contributed by atoms with Gasteiger partial charge in [0.15, 0.2) is 0 Å². The molecule has 1 aliphatic heterocycles. The van der Waals surface area contributed by atoms with Crippen molar-refractivity contribution in [1.82, 2.24) is 18.9 Å². The topological polar surface area (TPSA) is 67.6 Å². The number of piperazine rings is 1. The molecule has 0 saturated carbocycles. The van der Waals surface area contributed by atoms with E-state index in [4.69, 9.17) is 0 Å². The van der Waals surface area contributed by atoms with Crippen molar-refractivity contribution in [2.24, 2.45) is 0 Å². The van der Waals surface area contributed by atoms with Crippen LogP contribution >= 0.6 is 0 Å². The van der Waals surface area contributed by atoms with Gasteiger partial charge in [0.1, 0.15) is 6.54 Å². The maximum Gasteiger partial charge on any atom is 0.331 e. The second kappa shape index (κ2) is 6.04. The normalized spacial score (nSPS) is 16.4. The lowest BCUT2D eigenvalue weighted by Gasteiger charge is -2.32. The van der Waals surface area contributed by atoms with Crippen LogP contribution < -0.4 is 11.2 Å². The highest BCUT2D eigenvalue weighted by atomic mass is 16.2. The molecule has 1 saturated heterocycles. The average Bonchev–Trinajstić information content (AvgIpc) is 2.44. The SMILES string of the molecule is CCn1ccc(=O)n(CC(=O)N2CCN(C)CC2)c1=O. The fourth-order valence-electron chi connectivity index (χ4n) is 2.23. The first-order chi connectivity index (χ1) is 9.52. The molecule has 0 unspecified atom stereocenters. The van der Waals surface area contributed by atoms with Gasteiger partial charge in [-0.2, -0.15) is 0 Å². The van der Waals surface area contributed by atoms with Crippen LogP contribution in [-0.2, 0) is 17.9 Å². The molecule has 1 aromatic rings. The lowest BCUT2D eigenvalue weighted by molar-refractivity contribution is -0.133. The first-order valence-electron chi connectivity index (χ1n) is 6.79. The molecule has 2 rings (SSSR count). The number of aryl methyl sites for hydroxylation is 1. The second-order valence-corrected chi connectivity index (χ2v) is 4.99. The molecular formula is C13H20N4O3. The van der Waals surface area contributed by atoms with Gasteiger partial charge in [-0.3, -0.25) is 14.2 Å². The Kier molecular flexibility index (Phi) is 4.39. The summed E-state index contributed by atoms with van der Waals surface area (Å²) in [7, 11) is 2.00. The number of amides is 1. The van der Waals surface area contributed by atoms with E-state index in [1.54, 1.807) is 4.90 Å². The Bertz CT molecular complexity index is 596. The largest absolute Gasteiger partial charge is 0.339 e. The van der Waals surface area contributed by atoms with E-state index in [0.29, 0.717) is 19.6 Å². The summed E-state index contributed by atoms with van der Waals surface area (Å²) in [6.07, 6.45) is 1.46. The summed E-state index contributed by atoms with van der Waals surface area (Å²) in [5.41, 5.74) is -0.857. The Labute approximate surface area is 117 Å². The summed E-state index contributed by atoms with van der Waals surface area (Å²) < 4.78 is 2.42. The van der Waals surface area contributed by atoms with Crippen LogP contribution in [0.25, 0.3) is 0 Å². The maximum atomic E-state index is 12.2. The molecule has 0 spiro atoms. The molecule has 1 amide bonds. The van der Waals surface area contributed by atoms with Gasteiger partial charge in [-0.05, 0) is 14.0 Å². The van der Waals surface area contributed by atoms with Crippen molar-refractivity contribution in [3.05, 3.63) is 33.1 Å². The van der Waals surface area contributed by atoms with Crippen LogP contribution in [0, 0.1) is 0 Å². The van der Waals surface area contributed by atoms with Crippen LogP contribution in [0.5, 0.6) is 0 Å². The minimum absolute atomic E-state index is 0.175. The maximum absolute atomic E-state index is 12.2. The fraction of sp³-hybridized carbons (Fsp3) is 0.615. The van der Waals surface area contributed by atoms with E-state index in [1.165, 1.54) is 16.8 Å². The van der Waals surface area contributed by atoms with Gasteiger partial charge in [-0.25, -0.2) is 4.79 Å². The molecule has 2 heterocycles. The van der Waals surface area contributed by atoms with Gasteiger partial charge >= 0.3 is 5.69 Å². The quantitative estimate of drug-likeness (QED) is 0.698. The molecule has 0 atom stereocenters. The zero-order chi connectivity index (χ0) is 14.7. The zero-order valence-corrected chi connectivity index (χ0v) is 11.9. The van der Waals surface area contributed by atoms with Crippen molar-refractivity contribution in [3.8, 4) is 0 Å². The van der Waals surface area contributed by atoms with E-state index in [9.17, 15) is 14.4 Å². The molecule has 1 aromatic heterocycles. The molecule has 0 N–H and O–H groups in total. The van der Waals surface area contributed by atoms with Crippen molar-refractivity contribution in [2.75, 3.05) is 33.2 Å². The number of rotatable bonds is 3. The molecule has 7 heteroatoms. The summed E-state index contributed by atoms with van der Waals surface area (Å²) in [5.74, 6) is -0.175. The summed E-state index contributed by atoms with van der Waals surface area (Å²) >= 11 is 0. The number of hydrogen-bond donors (Lipinski definition) is 0. The summed E-state index contributed by atoms with van der Waals surface area (Å²) in [6.45, 7) is 5.02. The minimum atomic E-state index is -0.429. The van der Waals surface area contributed by atoms with E-state index in [2.05, 4.69) is 4.90 Å². The zero-order valence-electron chi connectivity index (χ0n) is 11.9. The van der Waals surface area contributed by atoms with Crippen molar-refractivity contribution in [1.29, 1.82) is 0 Å². The summed E-state index contributed by atoms with van der Waals surface area (Å²) in [4.78, 5) is 39.8. The van der Waals surface area contributed by atoms with Crippen LogP contribution in [-0.4, -0.2) is 58.1 Å². The van der Waals surface area contributed by atoms with E-state index < -0.39 is 11.2 Å². The molecular weight excluding hydrogens is 260 g/mol. The van der Waals surface area contributed by atoms with Crippen LogP contribution in [0.15, 0.2) is 21.9 Å². The van der Waals surface area contributed by atoms with Gasteiger partial charge in [-0.15, -0.1) is 0 Å². The average molecular weight is 280 g/mol. The smallest absolute Gasteiger partial charge is 0.331 e. The Morgan fingerprint density at radius 2 is 1.85 bits per heavy atom. The molecule has 20 heavy (non-hydrogen) atoms. The highest BCUT2D eigenvalue weighted by molar-refractivity contribution is 5.76. The Balaban J connectivity index is 2.16. The van der Waals surface area contributed by atoms with Crippen molar-refractivity contribution < 1.29 is 4.79 Å². The first-order valence-corrected chi connectivity index (χ1v) is 6.79. The lowest BCUT2D eigenvalue weighted by Crippen LogP contribution is -2.50. The molecule has 0 radical (unpaired) electrons. The highest BCUT2D eigenvalue weighted by Crippen LogP contribution is 2.00. The van der Waals surface area contributed by atoms with Crippen molar-refractivity contribution in [2.45, 2.75) is 20.0 Å². The number of likely N-dealkylation sites (N-methyl/N-ethyl adjacent to an activating group) is 1. The van der Waals surface area contributed by atoms with E-state index >= 15 is 0 Å². The lowest BCUT2D eigenvalue weighted by atomic mass is 10.3. The highest BCUT2D eigenvalue weighted by Gasteiger charge is 2.20. The van der Waals surface area contributed by atoms with Gasteiger partial charge < -0.3 is 14.4 Å². The number of nitrogens with zero attached hydrogens (tertiary/aromatic N) is 4. The Morgan fingerprint density at radius 3 is 2.45 bits per heavy atom. The number of aromatic nitrogens is 2. The van der Waals surface area contributed by atoms with Gasteiger partial charge in [0.2, 0.25) is 5.91 Å². The third-order valence-corrected chi connectivity index (χ3v) is 3.63.